The number of carboxylic acid groups (broad SMARTS) is 1. The number of primary amides is 1. The van der Waals surface area contributed by atoms with E-state index in [0.717, 1.165) is 0 Å². The van der Waals surface area contributed by atoms with Gasteiger partial charge in [0.15, 0.2) is 0 Å². The van der Waals surface area contributed by atoms with Crippen molar-refractivity contribution >= 4 is 11.9 Å². The summed E-state index contributed by atoms with van der Waals surface area (Å²) < 4.78 is 1.31. The molecule has 0 fully saturated rings. The van der Waals surface area contributed by atoms with E-state index in [1.807, 2.05) is 0 Å². The quantitative estimate of drug-likeness (QED) is 0.875. The number of hydrogen-bond donors (Lipinski definition) is 2. The van der Waals surface area contributed by atoms with Crippen LogP contribution in [0.4, 0.5) is 0 Å². The van der Waals surface area contributed by atoms with E-state index in [1.165, 1.54) is 10.6 Å². The molecule has 0 bridgehead atoms. The van der Waals surface area contributed by atoms with Crippen molar-refractivity contribution in [3.05, 3.63) is 69.1 Å². The molecule has 0 saturated heterocycles. The first-order chi connectivity index (χ1) is 9.91. The Balaban J connectivity index is 2.55. The van der Waals surface area contributed by atoms with Crippen molar-refractivity contribution in [2.75, 3.05) is 0 Å². The van der Waals surface area contributed by atoms with Crippen LogP contribution < -0.4 is 11.3 Å². The van der Waals surface area contributed by atoms with Crippen LogP contribution in [0, 0.1) is 6.92 Å². The fourth-order valence-electron chi connectivity index (χ4n) is 2.10. The van der Waals surface area contributed by atoms with E-state index < -0.39 is 17.4 Å². The number of benzene rings is 1. The SMILES string of the molecule is Cc1ccc(C(=O)O)c(=O)n1Cc1ccccc1C(N)=O. The molecule has 0 spiro atoms. The number of carbonyl (C=O) groups is 2. The van der Waals surface area contributed by atoms with Gasteiger partial charge in [0.1, 0.15) is 5.56 Å². The molecule has 1 aromatic heterocycles. The number of nitrogens with two attached hydrogens (primary N) is 1. The molecule has 0 saturated carbocycles. The maximum atomic E-state index is 12.2. The van der Waals surface area contributed by atoms with Crippen LogP contribution in [-0.2, 0) is 6.54 Å². The van der Waals surface area contributed by atoms with Crippen LogP contribution in [0.5, 0.6) is 0 Å². The summed E-state index contributed by atoms with van der Waals surface area (Å²) in [6.07, 6.45) is 0. The van der Waals surface area contributed by atoms with E-state index in [9.17, 15) is 14.4 Å². The Morgan fingerprint density at radius 1 is 1.14 bits per heavy atom. The van der Waals surface area contributed by atoms with E-state index in [1.54, 1.807) is 37.3 Å². The van der Waals surface area contributed by atoms with Crippen molar-refractivity contribution < 1.29 is 14.7 Å². The molecule has 2 rings (SSSR count). The maximum Gasteiger partial charge on any atom is 0.341 e. The number of nitrogens with zero attached hydrogens (tertiary/aromatic N) is 1. The highest BCUT2D eigenvalue weighted by molar-refractivity contribution is 5.94. The largest absolute Gasteiger partial charge is 0.477 e. The minimum Gasteiger partial charge on any atom is -0.477 e. The van der Waals surface area contributed by atoms with Crippen LogP contribution in [0.15, 0.2) is 41.2 Å². The third-order valence-corrected chi connectivity index (χ3v) is 3.23. The number of pyridine rings is 1. The molecule has 1 aromatic carbocycles. The zero-order valence-electron chi connectivity index (χ0n) is 11.4. The molecule has 6 nitrogen and oxygen atoms in total. The van der Waals surface area contributed by atoms with E-state index >= 15 is 0 Å². The van der Waals surface area contributed by atoms with Gasteiger partial charge in [-0.25, -0.2) is 4.79 Å². The van der Waals surface area contributed by atoms with E-state index in [0.29, 0.717) is 16.8 Å². The highest BCUT2D eigenvalue weighted by Gasteiger charge is 2.14. The van der Waals surface area contributed by atoms with Crippen molar-refractivity contribution in [2.45, 2.75) is 13.5 Å². The molecule has 0 unspecified atom stereocenters. The minimum absolute atomic E-state index is 0.0882. The Labute approximate surface area is 120 Å². The van der Waals surface area contributed by atoms with Crippen molar-refractivity contribution in [3.8, 4) is 0 Å². The second kappa shape index (κ2) is 5.62. The zero-order valence-corrected chi connectivity index (χ0v) is 11.4. The Kier molecular flexibility index (Phi) is 3.89. The molecule has 2 aromatic rings. The Bertz CT molecular complexity index is 777. The summed E-state index contributed by atoms with van der Waals surface area (Å²) in [5, 5.41) is 9.00. The molecule has 21 heavy (non-hydrogen) atoms. The fourth-order valence-corrected chi connectivity index (χ4v) is 2.10. The lowest BCUT2D eigenvalue weighted by atomic mass is 10.1. The summed E-state index contributed by atoms with van der Waals surface area (Å²) >= 11 is 0. The molecular formula is C15H14N2O4. The Morgan fingerprint density at radius 2 is 1.81 bits per heavy atom. The fraction of sp³-hybridized carbons (Fsp3) is 0.133. The van der Waals surface area contributed by atoms with Crippen molar-refractivity contribution in [3.63, 3.8) is 0 Å². The molecule has 1 heterocycles. The predicted octanol–water partition coefficient (Wildman–Crippen LogP) is 1.00. The molecule has 6 heteroatoms. The van der Waals surface area contributed by atoms with Gasteiger partial charge in [-0.1, -0.05) is 18.2 Å². The van der Waals surface area contributed by atoms with Gasteiger partial charge < -0.3 is 15.4 Å². The molecule has 108 valence electrons. The average molecular weight is 286 g/mol. The van der Waals surface area contributed by atoms with Gasteiger partial charge in [0.25, 0.3) is 5.56 Å². The molecular weight excluding hydrogens is 272 g/mol. The second-order valence-electron chi connectivity index (χ2n) is 4.61. The molecule has 0 aliphatic heterocycles. The molecule has 0 atom stereocenters. The van der Waals surface area contributed by atoms with Gasteiger partial charge in [-0.2, -0.15) is 0 Å². The molecule has 0 aliphatic carbocycles. The third-order valence-electron chi connectivity index (χ3n) is 3.23. The smallest absolute Gasteiger partial charge is 0.341 e. The Morgan fingerprint density at radius 3 is 2.43 bits per heavy atom. The van der Waals surface area contributed by atoms with Gasteiger partial charge in [0, 0.05) is 11.3 Å². The zero-order chi connectivity index (χ0) is 15.6. The lowest BCUT2D eigenvalue weighted by Gasteiger charge is -2.12. The summed E-state index contributed by atoms with van der Waals surface area (Å²) in [5.41, 5.74) is 5.86. The summed E-state index contributed by atoms with van der Waals surface area (Å²) in [7, 11) is 0. The summed E-state index contributed by atoms with van der Waals surface area (Å²) in [5.74, 6) is -1.87. The standard InChI is InChI=1S/C15H14N2O4/c1-9-6-7-12(15(20)21)14(19)17(9)8-10-4-2-3-5-11(10)13(16)18/h2-7H,8H2,1H3,(H2,16,18)(H,20,21). The average Bonchev–Trinajstić information content (AvgIpc) is 2.43. The topological polar surface area (TPSA) is 102 Å². The lowest BCUT2D eigenvalue weighted by molar-refractivity contribution is 0.0694. The van der Waals surface area contributed by atoms with E-state index in [-0.39, 0.29) is 12.1 Å². The van der Waals surface area contributed by atoms with Gasteiger partial charge in [-0.3, -0.25) is 9.59 Å². The van der Waals surface area contributed by atoms with E-state index in [4.69, 9.17) is 10.8 Å². The first-order valence-corrected chi connectivity index (χ1v) is 6.23. The van der Waals surface area contributed by atoms with Crippen LogP contribution in [0.3, 0.4) is 0 Å². The van der Waals surface area contributed by atoms with Crippen molar-refractivity contribution in [1.82, 2.24) is 4.57 Å². The van der Waals surface area contributed by atoms with Crippen molar-refractivity contribution in [2.24, 2.45) is 5.73 Å². The number of aromatic nitrogens is 1. The molecule has 1 amide bonds. The van der Waals surface area contributed by atoms with Gasteiger partial charge in [0.2, 0.25) is 5.91 Å². The molecule has 0 aliphatic rings. The lowest BCUT2D eigenvalue weighted by Crippen LogP contribution is -2.29. The number of carboxylic acids is 1. The first kappa shape index (κ1) is 14.5. The van der Waals surface area contributed by atoms with Gasteiger partial charge >= 0.3 is 5.97 Å². The highest BCUT2D eigenvalue weighted by atomic mass is 16.4. The third kappa shape index (κ3) is 2.84. The first-order valence-electron chi connectivity index (χ1n) is 6.23. The van der Waals surface area contributed by atoms with Crippen molar-refractivity contribution in [1.29, 1.82) is 0 Å². The Hall–Kier alpha value is -2.89. The maximum absolute atomic E-state index is 12.2. The summed E-state index contributed by atoms with van der Waals surface area (Å²) in [6.45, 7) is 1.78. The number of rotatable bonds is 4. The number of aromatic carboxylic acids is 1. The minimum atomic E-state index is -1.28. The molecule has 0 radical (unpaired) electrons. The van der Waals surface area contributed by atoms with Crippen LogP contribution in [0.2, 0.25) is 0 Å². The van der Waals surface area contributed by atoms with Crippen LogP contribution in [-0.4, -0.2) is 21.6 Å². The van der Waals surface area contributed by atoms with Crippen LogP contribution >= 0.6 is 0 Å². The number of hydrogen-bond acceptors (Lipinski definition) is 3. The van der Waals surface area contributed by atoms with Gasteiger partial charge in [0.05, 0.1) is 6.54 Å². The van der Waals surface area contributed by atoms with Gasteiger partial charge in [-0.15, -0.1) is 0 Å². The monoisotopic (exact) mass is 286 g/mol. The van der Waals surface area contributed by atoms with Crippen LogP contribution in [0.1, 0.15) is 32.0 Å². The summed E-state index contributed by atoms with van der Waals surface area (Å²) in [6, 6.07) is 9.48. The highest BCUT2D eigenvalue weighted by Crippen LogP contribution is 2.11. The number of aryl methyl sites for hydroxylation is 1. The summed E-state index contributed by atoms with van der Waals surface area (Å²) in [4.78, 5) is 34.6. The van der Waals surface area contributed by atoms with Crippen LogP contribution in [0.25, 0.3) is 0 Å². The normalized spacial score (nSPS) is 10.3. The predicted molar refractivity (Wildman–Crippen MR) is 76.5 cm³/mol. The van der Waals surface area contributed by atoms with Gasteiger partial charge in [-0.05, 0) is 30.7 Å². The molecule has 3 N–H and O–H groups in total. The number of carbonyl (C=O) groups excluding carboxylic acids is 1. The van der Waals surface area contributed by atoms with E-state index in [2.05, 4.69) is 0 Å². The number of amides is 1. The second-order valence-corrected chi connectivity index (χ2v) is 4.61.